The number of imidazole rings is 1. The van der Waals surface area contributed by atoms with Crippen LogP contribution in [0.3, 0.4) is 0 Å². The van der Waals surface area contributed by atoms with Crippen LogP contribution in [-0.4, -0.2) is 51.2 Å². The van der Waals surface area contributed by atoms with E-state index in [-0.39, 0.29) is 23.6 Å². The molecule has 2 saturated heterocycles. The summed E-state index contributed by atoms with van der Waals surface area (Å²) in [7, 11) is 0. The summed E-state index contributed by atoms with van der Waals surface area (Å²) in [5.41, 5.74) is -0.369. The van der Waals surface area contributed by atoms with E-state index in [4.69, 9.17) is 4.74 Å². The molecule has 7 rings (SSSR count). The first-order valence-corrected chi connectivity index (χ1v) is 11.7. The van der Waals surface area contributed by atoms with Crippen molar-refractivity contribution in [3.8, 4) is 0 Å². The van der Waals surface area contributed by atoms with Gasteiger partial charge in [-0.2, -0.15) is 0 Å². The van der Waals surface area contributed by atoms with Crippen LogP contribution in [0, 0.1) is 23.2 Å². The summed E-state index contributed by atoms with van der Waals surface area (Å²) in [5, 5.41) is 3.48. The van der Waals surface area contributed by atoms with Crippen molar-refractivity contribution >= 4 is 12.0 Å². The molecule has 7 heteroatoms. The van der Waals surface area contributed by atoms with Gasteiger partial charge >= 0.3 is 12.0 Å². The topological polar surface area (TPSA) is 76.5 Å². The highest BCUT2D eigenvalue weighted by Gasteiger charge is 2.53. The first kappa shape index (κ1) is 18.7. The van der Waals surface area contributed by atoms with E-state index in [0.717, 1.165) is 24.2 Å². The van der Waals surface area contributed by atoms with Gasteiger partial charge in [0.1, 0.15) is 6.10 Å². The number of carbonyl (C=O) groups is 2. The SMILES string of the molecule is O=C(NC12CC3CC(CC(C3)C1)C2)N1CCC2(CC1)CC(Cn1ccnc1)OC2=O. The van der Waals surface area contributed by atoms with E-state index in [2.05, 4.69) is 10.3 Å². The molecule has 3 heterocycles. The van der Waals surface area contributed by atoms with Gasteiger partial charge in [-0.25, -0.2) is 9.78 Å². The van der Waals surface area contributed by atoms with Crippen LogP contribution in [0.1, 0.15) is 57.8 Å². The molecular formula is C23H32N4O3. The number of urea groups is 1. The van der Waals surface area contributed by atoms with Gasteiger partial charge in [0.2, 0.25) is 0 Å². The van der Waals surface area contributed by atoms with Crippen LogP contribution in [0.25, 0.3) is 0 Å². The second-order valence-electron chi connectivity index (χ2n) is 10.9. The molecule has 4 saturated carbocycles. The summed E-state index contributed by atoms with van der Waals surface area (Å²) in [6, 6.07) is 0.0909. The minimum Gasteiger partial charge on any atom is -0.460 e. The van der Waals surface area contributed by atoms with Gasteiger partial charge in [0.05, 0.1) is 18.3 Å². The van der Waals surface area contributed by atoms with Crippen molar-refractivity contribution < 1.29 is 14.3 Å². The third-order valence-electron chi connectivity index (χ3n) is 8.72. The van der Waals surface area contributed by atoms with E-state index in [0.29, 0.717) is 32.5 Å². The Bertz CT molecular complexity index is 792. The monoisotopic (exact) mass is 412 g/mol. The van der Waals surface area contributed by atoms with Crippen molar-refractivity contribution in [2.24, 2.45) is 23.2 Å². The van der Waals surface area contributed by atoms with Gasteiger partial charge in [-0.15, -0.1) is 0 Å². The maximum Gasteiger partial charge on any atom is 0.317 e. The molecule has 0 aromatic carbocycles. The Morgan fingerprint density at radius 1 is 1.10 bits per heavy atom. The fraction of sp³-hybridized carbons (Fsp3) is 0.783. The zero-order valence-corrected chi connectivity index (χ0v) is 17.6. The number of amides is 2. The van der Waals surface area contributed by atoms with Crippen LogP contribution in [0.2, 0.25) is 0 Å². The van der Waals surface area contributed by atoms with Crippen molar-refractivity contribution in [2.75, 3.05) is 13.1 Å². The molecule has 7 nitrogen and oxygen atoms in total. The zero-order valence-electron chi connectivity index (χ0n) is 17.6. The van der Waals surface area contributed by atoms with Crippen molar-refractivity contribution in [2.45, 2.75) is 76.0 Å². The molecule has 0 radical (unpaired) electrons. The number of likely N-dealkylation sites (tertiary alicyclic amines) is 1. The average molecular weight is 413 g/mol. The number of esters is 1. The molecule has 6 aliphatic rings. The van der Waals surface area contributed by atoms with Crippen molar-refractivity contribution in [1.29, 1.82) is 0 Å². The normalized spacial score (nSPS) is 38.8. The first-order valence-electron chi connectivity index (χ1n) is 11.7. The van der Waals surface area contributed by atoms with Crippen LogP contribution < -0.4 is 5.32 Å². The third kappa shape index (κ3) is 3.12. The van der Waals surface area contributed by atoms with Gasteiger partial charge in [0.25, 0.3) is 0 Å². The second-order valence-corrected chi connectivity index (χ2v) is 10.9. The Morgan fingerprint density at radius 2 is 1.77 bits per heavy atom. The molecule has 1 N–H and O–H groups in total. The Hall–Kier alpha value is -2.05. The lowest BCUT2D eigenvalue weighted by atomic mass is 9.53. The summed E-state index contributed by atoms with van der Waals surface area (Å²) < 4.78 is 7.67. The van der Waals surface area contributed by atoms with Crippen LogP contribution >= 0.6 is 0 Å². The van der Waals surface area contributed by atoms with E-state index in [1.54, 1.807) is 12.5 Å². The molecule has 2 aliphatic heterocycles. The Labute approximate surface area is 177 Å². The molecule has 1 aromatic rings. The molecule has 1 unspecified atom stereocenters. The minimum atomic E-state index is -0.414. The molecule has 162 valence electrons. The van der Waals surface area contributed by atoms with Gasteiger partial charge in [-0.1, -0.05) is 0 Å². The molecule has 1 atom stereocenters. The molecule has 4 bridgehead atoms. The minimum absolute atomic E-state index is 0.0448. The van der Waals surface area contributed by atoms with Gasteiger partial charge < -0.3 is 19.5 Å². The highest BCUT2D eigenvalue weighted by atomic mass is 16.6. The van der Waals surface area contributed by atoms with Crippen molar-refractivity contribution in [3.05, 3.63) is 18.7 Å². The van der Waals surface area contributed by atoms with E-state index < -0.39 is 5.41 Å². The molecular weight excluding hydrogens is 380 g/mol. The smallest absolute Gasteiger partial charge is 0.317 e. The second kappa shape index (κ2) is 6.72. The molecule has 2 amide bonds. The molecule has 1 aromatic heterocycles. The van der Waals surface area contributed by atoms with E-state index in [1.807, 2.05) is 15.7 Å². The fourth-order valence-corrected chi connectivity index (χ4v) is 7.68. The number of hydrogen-bond donors (Lipinski definition) is 1. The lowest BCUT2D eigenvalue weighted by Crippen LogP contribution is -2.62. The number of piperidine rings is 1. The third-order valence-corrected chi connectivity index (χ3v) is 8.72. The summed E-state index contributed by atoms with van der Waals surface area (Å²) >= 11 is 0. The van der Waals surface area contributed by atoms with E-state index in [1.165, 1.54) is 38.5 Å². The highest BCUT2D eigenvalue weighted by Crippen LogP contribution is 2.55. The largest absolute Gasteiger partial charge is 0.460 e. The quantitative estimate of drug-likeness (QED) is 0.775. The number of nitrogens with one attached hydrogen (secondary N) is 1. The maximum atomic E-state index is 13.1. The lowest BCUT2D eigenvalue weighted by Gasteiger charge is -2.57. The van der Waals surface area contributed by atoms with Gasteiger partial charge in [0, 0.05) is 37.4 Å². The Kier molecular flexibility index (Phi) is 4.19. The van der Waals surface area contributed by atoms with Crippen LogP contribution in [0.15, 0.2) is 18.7 Å². The summed E-state index contributed by atoms with van der Waals surface area (Å²) in [6.07, 6.45) is 15.1. The maximum absolute atomic E-state index is 13.1. The number of hydrogen-bond acceptors (Lipinski definition) is 4. The van der Waals surface area contributed by atoms with Crippen LogP contribution in [-0.2, 0) is 16.1 Å². The fourth-order valence-electron chi connectivity index (χ4n) is 7.68. The number of ether oxygens (including phenoxy) is 1. The average Bonchev–Trinajstić information content (AvgIpc) is 3.29. The van der Waals surface area contributed by atoms with Crippen molar-refractivity contribution in [3.63, 3.8) is 0 Å². The van der Waals surface area contributed by atoms with Gasteiger partial charge in [-0.05, 0) is 69.1 Å². The highest BCUT2D eigenvalue weighted by molar-refractivity contribution is 5.80. The number of cyclic esters (lactones) is 1. The molecule has 30 heavy (non-hydrogen) atoms. The summed E-state index contributed by atoms with van der Waals surface area (Å²) in [5.74, 6) is 2.39. The summed E-state index contributed by atoms with van der Waals surface area (Å²) in [4.78, 5) is 31.8. The Morgan fingerprint density at radius 3 is 2.37 bits per heavy atom. The number of aromatic nitrogens is 2. The first-order chi connectivity index (χ1) is 14.5. The van der Waals surface area contributed by atoms with E-state index >= 15 is 0 Å². The van der Waals surface area contributed by atoms with Gasteiger partial charge in [-0.3, -0.25) is 4.79 Å². The lowest BCUT2D eigenvalue weighted by molar-refractivity contribution is -0.150. The number of carbonyl (C=O) groups excluding carboxylic acids is 2. The Balaban J connectivity index is 1.06. The predicted molar refractivity (Wildman–Crippen MR) is 109 cm³/mol. The molecule has 4 aliphatic carbocycles. The molecule has 1 spiro atoms. The molecule has 6 fully saturated rings. The van der Waals surface area contributed by atoms with Crippen LogP contribution in [0.4, 0.5) is 4.79 Å². The predicted octanol–water partition coefficient (Wildman–Crippen LogP) is 2.96. The standard InChI is InChI=1S/C23H32N4O3/c28-20-22(13-19(30-20)14-26-6-3-24-15-26)1-4-27(5-2-22)21(29)25-23-10-16-7-17(11-23)9-18(8-16)12-23/h3,6,15-19H,1-2,4-5,7-14H2,(H,25,29). The van der Waals surface area contributed by atoms with Crippen molar-refractivity contribution in [1.82, 2.24) is 19.8 Å². The zero-order chi connectivity index (χ0) is 20.3. The van der Waals surface area contributed by atoms with E-state index in [9.17, 15) is 9.59 Å². The summed E-state index contributed by atoms with van der Waals surface area (Å²) in [6.45, 7) is 1.94. The van der Waals surface area contributed by atoms with Gasteiger partial charge in [0.15, 0.2) is 0 Å². The number of nitrogens with zero attached hydrogens (tertiary/aromatic N) is 3. The van der Waals surface area contributed by atoms with Crippen LogP contribution in [0.5, 0.6) is 0 Å². The number of rotatable bonds is 3.